The molecule has 29 heavy (non-hydrogen) atoms. The first-order chi connectivity index (χ1) is 13.7. The van der Waals surface area contributed by atoms with Crippen molar-refractivity contribution in [3.8, 4) is 0 Å². The zero-order valence-electron chi connectivity index (χ0n) is 17.1. The molecule has 0 aliphatic carbocycles. The Bertz CT molecular complexity index is 872. The molecule has 0 N–H and O–H groups in total. The highest BCUT2D eigenvalue weighted by molar-refractivity contribution is 7.92. The lowest BCUT2D eigenvalue weighted by atomic mass is 10.2. The van der Waals surface area contributed by atoms with Crippen molar-refractivity contribution in [2.75, 3.05) is 6.61 Å². The number of hydrogen-bond donors (Lipinski definition) is 0. The number of hydrogen-bond acceptors (Lipinski definition) is 6. The number of rotatable bonds is 10. The number of esters is 1. The fourth-order valence-corrected chi connectivity index (χ4v) is 3.75. The van der Waals surface area contributed by atoms with E-state index in [0.717, 1.165) is 21.4 Å². The van der Waals surface area contributed by atoms with Crippen molar-refractivity contribution >= 4 is 21.9 Å². The number of carbonyl (C=O) groups is 2. The minimum absolute atomic E-state index is 0.0714. The summed E-state index contributed by atoms with van der Waals surface area (Å²) < 4.78 is 36.3. The van der Waals surface area contributed by atoms with Crippen LogP contribution in [0.1, 0.15) is 33.3 Å². The van der Waals surface area contributed by atoms with Crippen molar-refractivity contribution in [3.63, 3.8) is 0 Å². The van der Waals surface area contributed by atoms with Gasteiger partial charge in [-0.1, -0.05) is 42.5 Å². The second-order valence-electron chi connectivity index (χ2n) is 6.12. The Morgan fingerprint density at radius 1 is 1.17 bits per heavy atom. The molecular weight excluding hydrogens is 394 g/mol. The van der Waals surface area contributed by atoms with E-state index >= 15 is 0 Å². The Balaban J connectivity index is 2.75. The Hall–Kier alpha value is -2.71. The Morgan fingerprint density at radius 3 is 2.38 bits per heavy atom. The van der Waals surface area contributed by atoms with Crippen LogP contribution in [0, 0.1) is 0 Å². The third-order valence-corrected chi connectivity index (χ3v) is 5.26. The van der Waals surface area contributed by atoms with Gasteiger partial charge in [-0.2, -0.15) is 0 Å². The zero-order chi connectivity index (χ0) is 21.9. The third kappa shape index (κ3) is 8.89. The summed E-state index contributed by atoms with van der Waals surface area (Å²) in [6.45, 7) is 6.27. The van der Waals surface area contributed by atoms with Gasteiger partial charge in [0.15, 0.2) is 0 Å². The maximum absolute atomic E-state index is 12.6. The molecule has 1 aromatic rings. The van der Waals surface area contributed by atoms with E-state index in [1.54, 1.807) is 26.0 Å². The fourth-order valence-electron chi connectivity index (χ4n) is 2.42. The standard InChI is InChI=1S/C21H27NO6S/c1-5-21(28-19(4)24)13-15-29(25,26)22(18(3)23)17(2)10-9-14-27-16-20-11-7-6-8-12-20/h5-13,15,17H,14,16H2,1-4H3/b10-9-,15-13?,21-5?. The van der Waals surface area contributed by atoms with Gasteiger partial charge < -0.3 is 9.47 Å². The average Bonchev–Trinajstić information content (AvgIpc) is 2.65. The van der Waals surface area contributed by atoms with Crippen molar-refractivity contribution in [3.05, 3.63) is 71.4 Å². The van der Waals surface area contributed by atoms with Gasteiger partial charge in [-0.15, -0.1) is 0 Å². The lowest BCUT2D eigenvalue weighted by Gasteiger charge is -2.23. The van der Waals surface area contributed by atoms with Crippen LogP contribution in [0.25, 0.3) is 0 Å². The Labute approximate surface area is 172 Å². The van der Waals surface area contributed by atoms with Crippen molar-refractivity contribution < 1.29 is 27.5 Å². The molecule has 0 aromatic heterocycles. The quantitative estimate of drug-likeness (QED) is 0.189. The predicted molar refractivity (Wildman–Crippen MR) is 111 cm³/mol. The molecule has 1 atom stereocenters. The van der Waals surface area contributed by atoms with E-state index in [4.69, 9.17) is 9.47 Å². The largest absolute Gasteiger partial charge is 0.427 e. The van der Waals surface area contributed by atoms with E-state index in [-0.39, 0.29) is 12.4 Å². The van der Waals surface area contributed by atoms with Crippen LogP contribution in [-0.4, -0.2) is 37.2 Å². The number of ether oxygens (including phenoxy) is 2. The highest BCUT2D eigenvalue weighted by Gasteiger charge is 2.26. The topological polar surface area (TPSA) is 90.0 Å². The van der Waals surface area contributed by atoms with Gasteiger partial charge in [-0.25, -0.2) is 12.7 Å². The molecular formula is C21H27NO6S. The van der Waals surface area contributed by atoms with Crippen molar-refractivity contribution in [2.45, 2.75) is 40.3 Å². The number of nitrogens with zero attached hydrogens (tertiary/aromatic N) is 1. The molecule has 1 aromatic carbocycles. The number of sulfonamides is 1. The number of carbonyl (C=O) groups excluding carboxylic acids is 2. The highest BCUT2D eigenvalue weighted by atomic mass is 32.2. The van der Waals surface area contributed by atoms with Crippen LogP contribution in [0.2, 0.25) is 0 Å². The molecule has 0 fully saturated rings. The van der Waals surface area contributed by atoms with Crippen molar-refractivity contribution in [1.29, 1.82) is 0 Å². The fraction of sp³-hybridized carbons (Fsp3) is 0.333. The molecule has 0 saturated heterocycles. The lowest BCUT2D eigenvalue weighted by molar-refractivity contribution is -0.136. The van der Waals surface area contributed by atoms with Gasteiger partial charge in [0.1, 0.15) is 5.76 Å². The first-order valence-electron chi connectivity index (χ1n) is 9.03. The van der Waals surface area contributed by atoms with Gasteiger partial charge in [-0.3, -0.25) is 9.59 Å². The number of amides is 1. The van der Waals surface area contributed by atoms with Crippen LogP contribution in [0.4, 0.5) is 0 Å². The molecule has 0 bridgehead atoms. The molecule has 1 rings (SSSR count). The average molecular weight is 422 g/mol. The summed E-state index contributed by atoms with van der Waals surface area (Å²) in [5, 5.41) is 0.836. The van der Waals surface area contributed by atoms with Crippen LogP contribution in [-0.2, 0) is 35.7 Å². The summed E-state index contributed by atoms with van der Waals surface area (Å²) in [5.41, 5.74) is 1.03. The summed E-state index contributed by atoms with van der Waals surface area (Å²) in [6, 6.07) is 8.92. The Kier molecular flexibility index (Phi) is 10.1. The maximum Gasteiger partial charge on any atom is 0.308 e. The van der Waals surface area contributed by atoms with Crippen LogP contribution >= 0.6 is 0 Å². The molecule has 0 aliphatic heterocycles. The monoisotopic (exact) mass is 421 g/mol. The summed E-state index contributed by atoms with van der Waals surface area (Å²) in [4.78, 5) is 23.0. The first-order valence-corrected chi connectivity index (χ1v) is 10.5. The van der Waals surface area contributed by atoms with Gasteiger partial charge in [0.2, 0.25) is 5.91 Å². The molecule has 0 spiro atoms. The smallest absolute Gasteiger partial charge is 0.308 e. The second-order valence-corrected chi connectivity index (χ2v) is 7.81. The van der Waals surface area contributed by atoms with Crippen LogP contribution in [0.3, 0.4) is 0 Å². The molecule has 7 nitrogen and oxygen atoms in total. The molecule has 0 radical (unpaired) electrons. The summed E-state index contributed by atoms with van der Waals surface area (Å²) in [7, 11) is -4.07. The van der Waals surface area contributed by atoms with Gasteiger partial charge in [-0.05, 0) is 31.6 Å². The zero-order valence-corrected chi connectivity index (χ0v) is 17.9. The summed E-state index contributed by atoms with van der Waals surface area (Å²) in [6.07, 6.45) is 5.82. The third-order valence-electron chi connectivity index (χ3n) is 3.65. The van der Waals surface area contributed by atoms with E-state index in [9.17, 15) is 18.0 Å². The molecule has 158 valence electrons. The SMILES string of the molecule is CC=C(C=CS(=O)(=O)N(C(C)=O)C(C)/C=C\COCc1ccccc1)OC(C)=O. The number of allylic oxidation sites excluding steroid dienone is 2. The molecule has 0 saturated carbocycles. The van der Waals surface area contributed by atoms with Crippen molar-refractivity contribution in [1.82, 2.24) is 4.31 Å². The molecule has 0 heterocycles. The molecule has 1 unspecified atom stereocenters. The van der Waals surface area contributed by atoms with E-state index in [1.165, 1.54) is 19.9 Å². The van der Waals surface area contributed by atoms with E-state index in [1.807, 2.05) is 30.3 Å². The minimum atomic E-state index is -4.07. The molecule has 0 aliphatic rings. The summed E-state index contributed by atoms with van der Waals surface area (Å²) in [5.74, 6) is -1.14. The van der Waals surface area contributed by atoms with E-state index < -0.39 is 27.9 Å². The molecule has 1 amide bonds. The van der Waals surface area contributed by atoms with Crippen molar-refractivity contribution in [2.24, 2.45) is 0 Å². The maximum atomic E-state index is 12.6. The minimum Gasteiger partial charge on any atom is -0.427 e. The van der Waals surface area contributed by atoms with Gasteiger partial charge in [0.25, 0.3) is 10.0 Å². The lowest BCUT2D eigenvalue weighted by Crippen LogP contribution is -2.40. The summed E-state index contributed by atoms with van der Waals surface area (Å²) >= 11 is 0. The van der Waals surface area contributed by atoms with Crippen LogP contribution < -0.4 is 0 Å². The highest BCUT2D eigenvalue weighted by Crippen LogP contribution is 2.13. The van der Waals surface area contributed by atoms with E-state index in [2.05, 4.69) is 0 Å². The van der Waals surface area contributed by atoms with E-state index in [0.29, 0.717) is 6.61 Å². The normalized spacial score (nSPS) is 13.6. The van der Waals surface area contributed by atoms with Gasteiger partial charge in [0, 0.05) is 13.8 Å². The predicted octanol–water partition coefficient (Wildman–Crippen LogP) is 3.31. The Morgan fingerprint density at radius 2 is 1.83 bits per heavy atom. The second kappa shape index (κ2) is 12.0. The van der Waals surface area contributed by atoms with Gasteiger partial charge in [0.05, 0.1) is 24.7 Å². The first kappa shape index (κ1) is 24.3. The number of benzene rings is 1. The van der Waals surface area contributed by atoms with Crippen LogP contribution in [0.15, 0.2) is 65.8 Å². The van der Waals surface area contributed by atoms with Gasteiger partial charge >= 0.3 is 5.97 Å². The molecule has 8 heteroatoms. The van der Waals surface area contributed by atoms with Crippen LogP contribution in [0.5, 0.6) is 0 Å².